The van der Waals surface area contributed by atoms with Gasteiger partial charge in [-0.15, -0.1) is 0 Å². The van der Waals surface area contributed by atoms with E-state index in [1.165, 1.54) is 30.3 Å². The number of benzene rings is 2. The zero-order valence-electron chi connectivity index (χ0n) is 16.9. The summed E-state index contributed by atoms with van der Waals surface area (Å²) < 4.78 is 16.8. The Morgan fingerprint density at radius 2 is 1.60 bits per heavy atom. The van der Waals surface area contributed by atoms with Gasteiger partial charge in [-0.3, -0.25) is 20.2 Å². The van der Waals surface area contributed by atoms with E-state index in [1.807, 2.05) is 20.8 Å². The Morgan fingerprint density at radius 3 is 2.13 bits per heavy atom. The average Bonchev–Trinajstić information content (AvgIpc) is 2.70. The lowest BCUT2D eigenvalue weighted by Gasteiger charge is -2.17. The molecule has 0 aromatic heterocycles. The first-order chi connectivity index (χ1) is 14.4. The van der Waals surface area contributed by atoms with E-state index in [0.29, 0.717) is 37.1 Å². The Kier molecular flexibility index (Phi) is 8.36. The first kappa shape index (κ1) is 22.9. The number of nitro groups is 1. The standard InChI is InChI=1S/C20H23N3O6S/c1-4-27-16-11-13(12-17(28-5-2)18(16)29-6-3)19(24)22-20(30)21-14-9-7-8-10-15(14)23(25)26/h7-12H,4-6H2,1-3H3,(H2,21,22,24,30). The third-order valence-electron chi connectivity index (χ3n) is 3.75. The summed E-state index contributed by atoms with van der Waals surface area (Å²) in [5, 5.41) is 16.2. The Hall–Kier alpha value is -3.40. The minimum atomic E-state index is -0.540. The largest absolute Gasteiger partial charge is 0.490 e. The number of ether oxygens (including phenoxy) is 3. The molecule has 0 saturated heterocycles. The number of hydrogen-bond donors (Lipinski definition) is 2. The number of amides is 1. The molecular weight excluding hydrogens is 410 g/mol. The molecule has 9 nitrogen and oxygen atoms in total. The second-order valence-corrected chi connectivity index (χ2v) is 6.19. The summed E-state index contributed by atoms with van der Waals surface area (Å²) in [6.07, 6.45) is 0. The highest BCUT2D eigenvalue weighted by Gasteiger charge is 2.20. The molecule has 2 N–H and O–H groups in total. The van der Waals surface area contributed by atoms with Gasteiger partial charge in [0.2, 0.25) is 5.75 Å². The molecule has 10 heteroatoms. The molecule has 0 spiro atoms. The van der Waals surface area contributed by atoms with Gasteiger partial charge in [-0.2, -0.15) is 0 Å². The first-order valence-electron chi connectivity index (χ1n) is 9.33. The third kappa shape index (κ3) is 5.80. The maximum Gasteiger partial charge on any atom is 0.292 e. The van der Waals surface area contributed by atoms with Crippen LogP contribution in [0.3, 0.4) is 0 Å². The molecule has 0 heterocycles. The number of anilines is 1. The number of rotatable bonds is 9. The smallest absolute Gasteiger partial charge is 0.292 e. The van der Waals surface area contributed by atoms with Gasteiger partial charge in [0.15, 0.2) is 16.6 Å². The van der Waals surface area contributed by atoms with Crippen LogP contribution in [-0.2, 0) is 0 Å². The summed E-state index contributed by atoms with van der Waals surface area (Å²) in [4.78, 5) is 23.3. The number of nitrogens with one attached hydrogen (secondary N) is 2. The number of hydrogen-bond acceptors (Lipinski definition) is 7. The van der Waals surface area contributed by atoms with Crippen molar-refractivity contribution in [2.24, 2.45) is 0 Å². The fraction of sp³-hybridized carbons (Fsp3) is 0.300. The number of nitrogens with zero attached hydrogens (tertiary/aromatic N) is 1. The summed E-state index contributed by atoms with van der Waals surface area (Å²) >= 11 is 5.14. The van der Waals surface area contributed by atoms with Gasteiger partial charge < -0.3 is 19.5 Å². The predicted molar refractivity (Wildman–Crippen MR) is 117 cm³/mol. The van der Waals surface area contributed by atoms with Crippen LogP contribution >= 0.6 is 12.2 Å². The molecule has 0 aliphatic rings. The highest BCUT2D eigenvalue weighted by Crippen LogP contribution is 2.39. The van der Waals surface area contributed by atoms with Crippen molar-refractivity contribution in [2.45, 2.75) is 20.8 Å². The number of thiocarbonyl (C=S) groups is 1. The van der Waals surface area contributed by atoms with Crippen LogP contribution in [0.25, 0.3) is 0 Å². The first-order valence-corrected chi connectivity index (χ1v) is 9.74. The highest BCUT2D eigenvalue weighted by molar-refractivity contribution is 7.80. The van der Waals surface area contributed by atoms with Crippen molar-refractivity contribution in [2.75, 3.05) is 25.1 Å². The van der Waals surface area contributed by atoms with Gasteiger partial charge in [-0.1, -0.05) is 12.1 Å². The summed E-state index contributed by atoms with van der Waals surface area (Å²) in [5.74, 6) is 0.621. The molecule has 160 valence electrons. The van der Waals surface area contributed by atoms with E-state index < -0.39 is 10.8 Å². The fourth-order valence-electron chi connectivity index (χ4n) is 2.59. The number of nitro benzene ring substituents is 1. The van der Waals surface area contributed by atoms with Crippen LogP contribution in [0.2, 0.25) is 0 Å². The zero-order chi connectivity index (χ0) is 22.1. The molecule has 0 fully saturated rings. The Bertz CT molecular complexity index is 908. The van der Waals surface area contributed by atoms with Gasteiger partial charge in [-0.25, -0.2) is 0 Å². The second kappa shape index (κ2) is 11.0. The third-order valence-corrected chi connectivity index (χ3v) is 3.95. The predicted octanol–water partition coefficient (Wildman–Crippen LogP) is 3.92. The van der Waals surface area contributed by atoms with Crippen LogP contribution in [0.1, 0.15) is 31.1 Å². The van der Waals surface area contributed by atoms with E-state index >= 15 is 0 Å². The van der Waals surface area contributed by atoms with Gasteiger partial charge in [0.05, 0.1) is 24.7 Å². The van der Waals surface area contributed by atoms with E-state index in [-0.39, 0.29) is 22.1 Å². The summed E-state index contributed by atoms with van der Waals surface area (Å²) in [6.45, 7) is 6.60. The van der Waals surface area contributed by atoms with Crippen molar-refractivity contribution in [3.05, 3.63) is 52.1 Å². The molecule has 0 bridgehead atoms. The molecule has 0 aliphatic heterocycles. The van der Waals surface area contributed by atoms with Crippen LogP contribution < -0.4 is 24.8 Å². The summed E-state index contributed by atoms with van der Waals surface area (Å²) in [6, 6.07) is 9.04. The molecule has 1 amide bonds. The second-order valence-electron chi connectivity index (χ2n) is 5.78. The van der Waals surface area contributed by atoms with Crippen molar-refractivity contribution in [1.29, 1.82) is 0 Å². The van der Waals surface area contributed by atoms with Crippen LogP contribution in [0.4, 0.5) is 11.4 Å². The van der Waals surface area contributed by atoms with Crippen molar-refractivity contribution in [3.8, 4) is 17.2 Å². The average molecular weight is 433 g/mol. The van der Waals surface area contributed by atoms with E-state index in [1.54, 1.807) is 6.07 Å². The van der Waals surface area contributed by atoms with Crippen LogP contribution in [0.15, 0.2) is 36.4 Å². The SMILES string of the molecule is CCOc1cc(C(=O)NC(=S)Nc2ccccc2[N+](=O)[O-])cc(OCC)c1OCC. The minimum absolute atomic E-state index is 0.0842. The lowest BCUT2D eigenvalue weighted by atomic mass is 10.1. The number of carbonyl (C=O) groups is 1. The highest BCUT2D eigenvalue weighted by atomic mass is 32.1. The molecule has 2 rings (SSSR count). The van der Waals surface area contributed by atoms with Crippen molar-refractivity contribution >= 4 is 34.6 Å². The van der Waals surface area contributed by atoms with Crippen molar-refractivity contribution < 1.29 is 23.9 Å². The van der Waals surface area contributed by atoms with E-state index in [2.05, 4.69) is 10.6 Å². The maximum atomic E-state index is 12.7. The van der Waals surface area contributed by atoms with Crippen molar-refractivity contribution in [3.63, 3.8) is 0 Å². The molecular formula is C20H23N3O6S. The van der Waals surface area contributed by atoms with E-state index in [9.17, 15) is 14.9 Å². The van der Waals surface area contributed by atoms with Crippen LogP contribution in [-0.4, -0.2) is 35.8 Å². The molecule has 2 aromatic carbocycles. The molecule has 0 aliphatic carbocycles. The van der Waals surface area contributed by atoms with Crippen molar-refractivity contribution in [1.82, 2.24) is 5.32 Å². The van der Waals surface area contributed by atoms with Gasteiger partial charge in [-0.05, 0) is 51.2 Å². The fourth-order valence-corrected chi connectivity index (χ4v) is 2.79. The Morgan fingerprint density at radius 1 is 1.03 bits per heavy atom. The lowest BCUT2D eigenvalue weighted by Crippen LogP contribution is -2.34. The topological polar surface area (TPSA) is 112 Å². The van der Waals surface area contributed by atoms with Crippen LogP contribution in [0.5, 0.6) is 17.2 Å². The lowest BCUT2D eigenvalue weighted by molar-refractivity contribution is -0.383. The number of para-hydroxylation sites is 2. The summed E-state index contributed by atoms with van der Waals surface area (Å²) in [7, 11) is 0. The minimum Gasteiger partial charge on any atom is -0.490 e. The Labute approximate surface area is 179 Å². The molecule has 0 radical (unpaired) electrons. The molecule has 2 aromatic rings. The van der Waals surface area contributed by atoms with E-state index in [0.717, 1.165) is 0 Å². The van der Waals surface area contributed by atoms with Gasteiger partial charge in [0.1, 0.15) is 5.69 Å². The van der Waals surface area contributed by atoms with E-state index in [4.69, 9.17) is 26.4 Å². The number of carbonyl (C=O) groups excluding carboxylic acids is 1. The summed E-state index contributed by atoms with van der Waals surface area (Å²) in [5.41, 5.74) is 0.244. The van der Waals surface area contributed by atoms with Gasteiger partial charge in [0, 0.05) is 11.6 Å². The monoisotopic (exact) mass is 433 g/mol. The van der Waals surface area contributed by atoms with Gasteiger partial charge in [0.25, 0.3) is 11.6 Å². The Balaban J connectivity index is 2.25. The van der Waals surface area contributed by atoms with Gasteiger partial charge >= 0.3 is 0 Å². The molecule has 0 atom stereocenters. The maximum absolute atomic E-state index is 12.7. The molecule has 30 heavy (non-hydrogen) atoms. The zero-order valence-corrected chi connectivity index (χ0v) is 17.7. The quantitative estimate of drug-likeness (QED) is 0.348. The normalized spacial score (nSPS) is 10.1. The van der Waals surface area contributed by atoms with Crippen LogP contribution in [0, 0.1) is 10.1 Å². The molecule has 0 saturated carbocycles. The molecule has 0 unspecified atom stereocenters.